The van der Waals surface area contributed by atoms with Crippen molar-refractivity contribution in [2.24, 2.45) is 0 Å². The zero-order valence-corrected chi connectivity index (χ0v) is 13.7. The van der Waals surface area contributed by atoms with E-state index in [0.717, 1.165) is 16.7 Å². The summed E-state index contributed by atoms with van der Waals surface area (Å²) in [5, 5.41) is 3.24. The largest absolute Gasteiger partial charge is 0.346 e. The summed E-state index contributed by atoms with van der Waals surface area (Å²) < 4.78 is 0. The fraction of sp³-hybridized carbons (Fsp3) is 0.111. The Morgan fingerprint density at radius 2 is 1.79 bits per heavy atom. The van der Waals surface area contributed by atoms with Crippen LogP contribution < -0.4 is 5.32 Å². The average molecular weight is 339 g/mol. The first-order valence-corrected chi connectivity index (χ1v) is 7.79. The predicted octanol–water partition coefficient (Wildman–Crippen LogP) is 3.68. The Bertz CT molecular complexity index is 837. The quantitative estimate of drug-likeness (QED) is 0.737. The molecule has 0 saturated heterocycles. The van der Waals surface area contributed by atoms with E-state index in [1.165, 1.54) is 12.5 Å². The standard InChI is InChI=1S/C18H15ClN4O/c1-12(23-18(24)15-6-7-22-17(19)8-15)13-2-4-14(5-3-13)16-9-20-11-21-10-16/h2-12H,1H3,(H,23,24)/t12-/m0/s1. The van der Waals surface area contributed by atoms with Crippen LogP contribution in [0.1, 0.15) is 28.9 Å². The molecule has 120 valence electrons. The van der Waals surface area contributed by atoms with E-state index in [9.17, 15) is 4.79 Å². The fourth-order valence-electron chi connectivity index (χ4n) is 2.32. The zero-order valence-electron chi connectivity index (χ0n) is 13.0. The van der Waals surface area contributed by atoms with Gasteiger partial charge in [0, 0.05) is 29.7 Å². The van der Waals surface area contributed by atoms with Gasteiger partial charge < -0.3 is 5.32 Å². The molecule has 0 aliphatic heterocycles. The second-order valence-corrected chi connectivity index (χ2v) is 5.70. The van der Waals surface area contributed by atoms with Crippen LogP contribution in [0.3, 0.4) is 0 Å². The van der Waals surface area contributed by atoms with Gasteiger partial charge >= 0.3 is 0 Å². The molecule has 6 heteroatoms. The van der Waals surface area contributed by atoms with Crippen LogP contribution in [0.15, 0.2) is 61.3 Å². The van der Waals surface area contributed by atoms with Crippen molar-refractivity contribution in [3.05, 3.63) is 77.6 Å². The summed E-state index contributed by atoms with van der Waals surface area (Å²) in [5.41, 5.74) is 3.47. The summed E-state index contributed by atoms with van der Waals surface area (Å²) in [6, 6.07) is 11.0. The van der Waals surface area contributed by atoms with Gasteiger partial charge in [-0.2, -0.15) is 0 Å². The number of nitrogens with one attached hydrogen (secondary N) is 1. The Labute approximate surface area is 144 Å². The summed E-state index contributed by atoms with van der Waals surface area (Å²) in [6.45, 7) is 1.93. The Hall–Kier alpha value is -2.79. The number of amides is 1. The molecule has 0 spiro atoms. The molecule has 0 saturated carbocycles. The van der Waals surface area contributed by atoms with E-state index in [1.807, 2.05) is 31.2 Å². The van der Waals surface area contributed by atoms with Crippen LogP contribution in [0, 0.1) is 0 Å². The molecule has 3 aromatic rings. The summed E-state index contributed by atoms with van der Waals surface area (Å²) in [7, 11) is 0. The van der Waals surface area contributed by atoms with Crippen molar-refractivity contribution in [3.63, 3.8) is 0 Å². The molecule has 1 atom stereocenters. The van der Waals surface area contributed by atoms with Gasteiger partial charge in [-0.15, -0.1) is 0 Å². The Kier molecular flexibility index (Phi) is 4.82. The van der Waals surface area contributed by atoms with Gasteiger partial charge in [0.1, 0.15) is 11.5 Å². The monoisotopic (exact) mass is 338 g/mol. The first-order chi connectivity index (χ1) is 11.6. The number of hydrogen-bond donors (Lipinski definition) is 1. The van der Waals surface area contributed by atoms with Crippen molar-refractivity contribution >= 4 is 17.5 Å². The highest BCUT2D eigenvalue weighted by Crippen LogP contribution is 2.21. The molecular weight excluding hydrogens is 324 g/mol. The van der Waals surface area contributed by atoms with Crippen LogP contribution in [-0.2, 0) is 0 Å². The van der Waals surface area contributed by atoms with Crippen LogP contribution in [0.2, 0.25) is 5.15 Å². The van der Waals surface area contributed by atoms with Gasteiger partial charge in [-0.3, -0.25) is 4.79 Å². The summed E-state index contributed by atoms with van der Waals surface area (Å²) in [5.74, 6) is -0.188. The molecule has 1 aromatic carbocycles. The van der Waals surface area contributed by atoms with Crippen molar-refractivity contribution in [3.8, 4) is 11.1 Å². The first-order valence-electron chi connectivity index (χ1n) is 7.41. The van der Waals surface area contributed by atoms with E-state index in [4.69, 9.17) is 11.6 Å². The average Bonchev–Trinajstić information content (AvgIpc) is 2.62. The topological polar surface area (TPSA) is 67.8 Å². The number of carbonyl (C=O) groups is 1. The normalized spacial score (nSPS) is 11.8. The second kappa shape index (κ2) is 7.19. The second-order valence-electron chi connectivity index (χ2n) is 5.31. The molecule has 2 heterocycles. The van der Waals surface area contributed by atoms with Crippen molar-refractivity contribution in [2.45, 2.75) is 13.0 Å². The number of hydrogen-bond acceptors (Lipinski definition) is 4. The fourth-order valence-corrected chi connectivity index (χ4v) is 2.49. The Morgan fingerprint density at radius 1 is 1.08 bits per heavy atom. The van der Waals surface area contributed by atoms with E-state index in [0.29, 0.717) is 10.7 Å². The molecule has 0 aliphatic rings. The van der Waals surface area contributed by atoms with Gasteiger partial charge in [-0.1, -0.05) is 35.9 Å². The Balaban J connectivity index is 1.71. The maximum Gasteiger partial charge on any atom is 0.251 e. The van der Waals surface area contributed by atoms with E-state index < -0.39 is 0 Å². The molecule has 0 fully saturated rings. The number of carbonyl (C=O) groups excluding carboxylic acids is 1. The first kappa shape index (κ1) is 16.1. The van der Waals surface area contributed by atoms with E-state index in [1.54, 1.807) is 24.5 Å². The molecule has 24 heavy (non-hydrogen) atoms. The molecule has 0 radical (unpaired) electrons. The number of nitrogens with zero attached hydrogens (tertiary/aromatic N) is 3. The van der Waals surface area contributed by atoms with E-state index in [2.05, 4.69) is 20.3 Å². The molecule has 3 rings (SSSR count). The lowest BCUT2D eigenvalue weighted by Gasteiger charge is -2.15. The number of aromatic nitrogens is 3. The van der Waals surface area contributed by atoms with Crippen LogP contribution in [0.5, 0.6) is 0 Å². The Morgan fingerprint density at radius 3 is 2.46 bits per heavy atom. The number of rotatable bonds is 4. The lowest BCUT2D eigenvalue weighted by molar-refractivity contribution is 0.0940. The van der Waals surface area contributed by atoms with Crippen molar-refractivity contribution < 1.29 is 4.79 Å². The lowest BCUT2D eigenvalue weighted by atomic mass is 10.0. The van der Waals surface area contributed by atoms with Crippen molar-refractivity contribution in [1.82, 2.24) is 20.3 Å². The van der Waals surface area contributed by atoms with Crippen LogP contribution >= 0.6 is 11.6 Å². The number of benzene rings is 1. The minimum absolute atomic E-state index is 0.134. The van der Waals surface area contributed by atoms with Gasteiger partial charge in [-0.25, -0.2) is 15.0 Å². The molecular formula is C18H15ClN4O. The molecule has 1 N–H and O–H groups in total. The van der Waals surface area contributed by atoms with E-state index >= 15 is 0 Å². The molecule has 2 aromatic heterocycles. The predicted molar refractivity (Wildman–Crippen MR) is 92.6 cm³/mol. The highest BCUT2D eigenvalue weighted by Gasteiger charge is 2.12. The number of halogens is 1. The van der Waals surface area contributed by atoms with Crippen molar-refractivity contribution in [1.29, 1.82) is 0 Å². The van der Waals surface area contributed by atoms with E-state index in [-0.39, 0.29) is 11.9 Å². The minimum atomic E-state index is -0.188. The SMILES string of the molecule is C[C@H](NC(=O)c1ccnc(Cl)c1)c1ccc(-c2cncnc2)cc1. The van der Waals surface area contributed by atoms with Crippen LogP contribution in [0.4, 0.5) is 0 Å². The maximum atomic E-state index is 12.3. The molecule has 5 nitrogen and oxygen atoms in total. The zero-order chi connectivity index (χ0) is 16.9. The van der Waals surface area contributed by atoms with Gasteiger partial charge in [0.25, 0.3) is 5.91 Å². The van der Waals surface area contributed by atoms with Gasteiger partial charge in [0.15, 0.2) is 0 Å². The highest BCUT2D eigenvalue weighted by atomic mass is 35.5. The third-order valence-corrected chi connectivity index (χ3v) is 3.85. The van der Waals surface area contributed by atoms with Gasteiger partial charge in [0.2, 0.25) is 0 Å². The summed E-state index contributed by atoms with van der Waals surface area (Å²) in [4.78, 5) is 24.2. The smallest absolute Gasteiger partial charge is 0.251 e. The third-order valence-electron chi connectivity index (χ3n) is 3.64. The summed E-state index contributed by atoms with van der Waals surface area (Å²) >= 11 is 5.82. The maximum absolute atomic E-state index is 12.3. The van der Waals surface area contributed by atoms with Crippen LogP contribution in [-0.4, -0.2) is 20.9 Å². The molecule has 0 aliphatic carbocycles. The summed E-state index contributed by atoms with van der Waals surface area (Å²) in [6.07, 6.45) is 6.54. The van der Waals surface area contributed by atoms with Gasteiger partial charge in [-0.05, 0) is 30.2 Å². The third kappa shape index (κ3) is 3.75. The lowest BCUT2D eigenvalue weighted by Crippen LogP contribution is -2.26. The number of pyridine rings is 1. The molecule has 1 amide bonds. The van der Waals surface area contributed by atoms with Crippen molar-refractivity contribution in [2.75, 3.05) is 0 Å². The molecule has 0 unspecified atom stereocenters. The molecule has 0 bridgehead atoms. The highest BCUT2D eigenvalue weighted by molar-refractivity contribution is 6.29. The minimum Gasteiger partial charge on any atom is -0.346 e. The van der Waals surface area contributed by atoms with Gasteiger partial charge in [0.05, 0.1) is 6.04 Å². The van der Waals surface area contributed by atoms with Crippen LogP contribution in [0.25, 0.3) is 11.1 Å².